The molecule has 2 unspecified atom stereocenters. The van der Waals surface area contributed by atoms with Crippen LogP contribution < -0.4 is 0 Å². The topological polar surface area (TPSA) is 34.1 Å². The van der Waals surface area contributed by atoms with E-state index < -0.39 is 28.3 Å². The summed E-state index contributed by atoms with van der Waals surface area (Å²) in [6.07, 6.45) is 2.66. The molecule has 108 valence electrons. The van der Waals surface area contributed by atoms with Gasteiger partial charge in [0.05, 0.1) is 0 Å². The lowest BCUT2D eigenvalue weighted by molar-refractivity contribution is 0.0905. The van der Waals surface area contributed by atoms with Crippen molar-refractivity contribution in [1.82, 2.24) is 0 Å². The van der Waals surface area contributed by atoms with E-state index in [1.54, 1.807) is 0 Å². The van der Waals surface area contributed by atoms with Crippen LogP contribution >= 0.6 is 0 Å². The Kier molecular flexibility index (Phi) is 3.44. The molecule has 2 fully saturated rings. The predicted octanol–water partition coefficient (Wildman–Crippen LogP) is 2.98. The van der Waals surface area contributed by atoms with Crippen LogP contribution in [-0.2, 0) is 10.8 Å². The summed E-state index contributed by atoms with van der Waals surface area (Å²) in [5.74, 6) is -5.01. The maximum atomic E-state index is 13.2. The Hall–Kier alpha value is -1.17. The largest absolute Gasteiger partial charge is 0.294 e. The summed E-state index contributed by atoms with van der Waals surface area (Å²) in [4.78, 5) is 12.3. The van der Waals surface area contributed by atoms with E-state index in [2.05, 4.69) is 0 Å². The molecule has 0 saturated carbocycles. The number of carbonyl (C=O) groups excluding carboxylic acids is 1. The van der Waals surface area contributed by atoms with Crippen LogP contribution in [-0.4, -0.2) is 20.5 Å². The Morgan fingerprint density at radius 3 is 2.05 bits per heavy atom. The quantitative estimate of drug-likeness (QED) is 0.622. The fraction of sp³-hybridized carbons (Fsp3) is 0.500. The minimum absolute atomic E-state index is 0.0119. The van der Waals surface area contributed by atoms with Crippen LogP contribution in [0.25, 0.3) is 0 Å². The predicted molar refractivity (Wildman–Crippen MR) is 68.3 cm³/mol. The maximum Gasteiger partial charge on any atom is 0.194 e. The minimum atomic E-state index is -1.56. The Labute approximate surface area is 116 Å². The summed E-state index contributed by atoms with van der Waals surface area (Å²) < 4.78 is 51.1. The van der Waals surface area contributed by atoms with Gasteiger partial charge in [0, 0.05) is 32.8 Å². The summed E-state index contributed by atoms with van der Waals surface area (Å²) in [6.45, 7) is 0. The Morgan fingerprint density at radius 2 is 1.55 bits per heavy atom. The third-order valence-electron chi connectivity index (χ3n) is 4.20. The van der Waals surface area contributed by atoms with Crippen LogP contribution in [0.2, 0.25) is 0 Å². The molecular formula is C14H13F3O2S. The SMILES string of the molecule is O=C(c1cc(F)c(F)c(F)c1)C1CC2CCC(C1)S2=O. The molecule has 2 heterocycles. The molecule has 0 radical (unpaired) electrons. The zero-order chi connectivity index (χ0) is 14.4. The number of rotatable bonds is 2. The van der Waals surface area contributed by atoms with Crippen LogP contribution in [0.5, 0.6) is 0 Å². The zero-order valence-electron chi connectivity index (χ0n) is 10.6. The molecule has 0 N–H and O–H groups in total. The first-order valence-electron chi connectivity index (χ1n) is 6.55. The lowest BCUT2D eigenvalue weighted by Gasteiger charge is -2.26. The summed E-state index contributed by atoms with van der Waals surface area (Å²) in [6, 6.07) is 1.49. The molecule has 2 aliphatic rings. The van der Waals surface area contributed by atoms with Crippen molar-refractivity contribution in [2.45, 2.75) is 36.2 Å². The van der Waals surface area contributed by atoms with Crippen LogP contribution in [0.15, 0.2) is 12.1 Å². The van der Waals surface area contributed by atoms with Crippen LogP contribution in [0.4, 0.5) is 13.2 Å². The lowest BCUT2D eigenvalue weighted by Crippen LogP contribution is -2.32. The van der Waals surface area contributed by atoms with Crippen molar-refractivity contribution in [2.24, 2.45) is 5.92 Å². The van der Waals surface area contributed by atoms with Gasteiger partial charge < -0.3 is 0 Å². The first-order valence-corrected chi connectivity index (χ1v) is 7.83. The highest BCUT2D eigenvalue weighted by atomic mass is 32.2. The van der Waals surface area contributed by atoms with Gasteiger partial charge in [0.2, 0.25) is 0 Å². The van der Waals surface area contributed by atoms with Crippen molar-refractivity contribution in [2.75, 3.05) is 0 Å². The molecule has 2 aliphatic heterocycles. The molecule has 2 saturated heterocycles. The van der Waals surface area contributed by atoms with Gasteiger partial charge in [-0.15, -0.1) is 0 Å². The van der Waals surface area contributed by atoms with E-state index in [1.807, 2.05) is 0 Å². The van der Waals surface area contributed by atoms with Gasteiger partial charge in [0.1, 0.15) is 0 Å². The van der Waals surface area contributed by atoms with Crippen molar-refractivity contribution in [3.8, 4) is 0 Å². The zero-order valence-corrected chi connectivity index (χ0v) is 11.4. The van der Waals surface area contributed by atoms with Crippen molar-refractivity contribution >= 4 is 16.6 Å². The summed E-state index contributed by atoms with van der Waals surface area (Å²) in [5, 5.41) is 0.0238. The van der Waals surface area contributed by atoms with Gasteiger partial charge in [-0.1, -0.05) is 0 Å². The van der Waals surface area contributed by atoms with Gasteiger partial charge in [-0.3, -0.25) is 9.00 Å². The van der Waals surface area contributed by atoms with E-state index in [0.717, 1.165) is 25.0 Å². The smallest absolute Gasteiger partial charge is 0.194 e. The van der Waals surface area contributed by atoms with Crippen molar-refractivity contribution in [1.29, 1.82) is 0 Å². The highest BCUT2D eigenvalue weighted by molar-refractivity contribution is 7.86. The molecule has 2 bridgehead atoms. The molecule has 0 aliphatic carbocycles. The molecule has 0 amide bonds. The van der Waals surface area contributed by atoms with E-state index in [0.29, 0.717) is 12.8 Å². The van der Waals surface area contributed by atoms with E-state index >= 15 is 0 Å². The number of Topliss-reactive ketones (excluding diaryl/α,β-unsaturated/α-hetero) is 1. The van der Waals surface area contributed by atoms with Crippen LogP contribution in [0.1, 0.15) is 36.0 Å². The molecule has 0 aromatic heterocycles. The Morgan fingerprint density at radius 1 is 1.05 bits per heavy atom. The lowest BCUT2D eigenvalue weighted by atomic mass is 9.90. The molecule has 1 aromatic carbocycles. The van der Waals surface area contributed by atoms with Crippen LogP contribution in [0.3, 0.4) is 0 Å². The Balaban J connectivity index is 1.85. The molecule has 2 nitrogen and oxygen atoms in total. The monoisotopic (exact) mass is 302 g/mol. The van der Waals surface area contributed by atoms with E-state index in [4.69, 9.17) is 0 Å². The van der Waals surface area contributed by atoms with Gasteiger partial charge in [0.15, 0.2) is 23.2 Å². The molecule has 1 aromatic rings. The number of hydrogen-bond donors (Lipinski definition) is 0. The summed E-state index contributed by atoms with van der Waals surface area (Å²) in [5.41, 5.74) is -0.140. The van der Waals surface area contributed by atoms with Crippen molar-refractivity contribution in [3.05, 3.63) is 35.1 Å². The second kappa shape index (κ2) is 4.98. The number of carbonyl (C=O) groups is 1. The maximum absolute atomic E-state index is 13.2. The summed E-state index contributed by atoms with van der Waals surface area (Å²) in [7, 11) is -0.885. The standard InChI is InChI=1S/C14H13F3O2S/c15-11-5-8(6-12(16)13(11)17)14(18)7-3-9-1-2-10(4-7)20(9)19/h5-7,9-10H,1-4H2. The van der Waals surface area contributed by atoms with Crippen LogP contribution in [0, 0.1) is 23.4 Å². The fourth-order valence-corrected chi connectivity index (χ4v) is 5.31. The first-order chi connectivity index (χ1) is 9.47. The second-order valence-corrected chi connectivity index (χ2v) is 7.43. The summed E-state index contributed by atoms with van der Waals surface area (Å²) >= 11 is 0. The van der Waals surface area contributed by atoms with Crippen molar-refractivity contribution < 1.29 is 22.2 Å². The Bertz CT molecular complexity index is 563. The number of fused-ring (bicyclic) bond motifs is 2. The van der Waals surface area contributed by atoms with Gasteiger partial charge in [-0.25, -0.2) is 13.2 Å². The highest BCUT2D eigenvalue weighted by Gasteiger charge is 2.43. The van der Waals surface area contributed by atoms with E-state index in [-0.39, 0.29) is 27.8 Å². The van der Waals surface area contributed by atoms with E-state index in [9.17, 15) is 22.2 Å². The average Bonchev–Trinajstić information content (AvgIpc) is 2.66. The number of ketones is 1. The van der Waals surface area contributed by atoms with Gasteiger partial charge in [0.25, 0.3) is 0 Å². The fourth-order valence-electron chi connectivity index (χ4n) is 3.18. The molecule has 0 spiro atoms. The van der Waals surface area contributed by atoms with Gasteiger partial charge in [-0.05, 0) is 37.8 Å². The number of hydrogen-bond acceptors (Lipinski definition) is 2. The molecule has 6 heteroatoms. The number of benzene rings is 1. The third kappa shape index (κ3) is 2.20. The van der Waals surface area contributed by atoms with Gasteiger partial charge in [-0.2, -0.15) is 0 Å². The normalized spacial score (nSPS) is 32.4. The highest BCUT2D eigenvalue weighted by Crippen LogP contribution is 2.39. The molecule has 20 heavy (non-hydrogen) atoms. The second-order valence-electron chi connectivity index (χ2n) is 5.44. The molecule has 3 rings (SSSR count). The first kappa shape index (κ1) is 13.8. The minimum Gasteiger partial charge on any atom is -0.294 e. The molecular weight excluding hydrogens is 289 g/mol. The van der Waals surface area contributed by atoms with Crippen molar-refractivity contribution in [3.63, 3.8) is 0 Å². The molecule has 2 atom stereocenters. The van der Waals surface area contributed by atoms with E-state index in [1.165, 1.54) is 0 Å². The third-order valence-corrected chi connectivity index (χ3v) is 6.37. The van der Waals surface area contributed by atoms with Gasteiger partial charge >= 0.3 is 0 Å². The average molecular weight is 302 g/mol. The number of halogens is 3.